The van der Waals surface area contributed by atoms with Crippen molar-refractivity contribution in [1.29, 1.82) is 0 Å². The topological polar surface area (TPSA) is 60.9 Å². The molecule has 90 valence electrons. The number of primary amides is 1. The number of alkyl halides is 3. The van der Waals surface area contributed by atoms with Crippen molar-refractivity contribution in [2.45, 2.75) is 12.7 Å². The smallest absolute Gasteiger partial charge is 0.366 e. The number of hydrogen-bond donors (Lipinski definition) is 1. The lowest BCUT2D eigenvalue weighted by Gasteiger charge is -2.04. The van der Waals surface area contributed by atoms with Crippen LogP contribution in [0.3, 0.4) is 0 Å². The molecule has 4 nitrogen and oxygen atoms in total. The van der Waals surface area contributed by atoms with Gasteiger partial charge in [0.15, 0.2) is 0 Å². The quantitative estimate of drug-likeness (QED) is 0.872. The van der Waals surface area contributed by atoms with Crippen molar-refractivity contribution in [3.05, 3.63) is 30.0 Å². The molecule has 0 spiro atoms. The van der Waals surface area contributed by atoms with E-state index in [0.29, 0.717) is 10.9 Å². The molecule has 0 saturated carbocycles. The van der Waals surface area contributed by atoms with Crippen molar-refractivity contribution >= 4 is 16.8 Å². The third-order valence-electron chi connectivity index (χ3n) is 2.20. The maximum atomic E-state index is 12.2. The Balaban J connectivity index is 2.50. The highest BCUT2D eigenvalue weighted by Gasteiger charge is 2.28. The molecule has 1 aromatic heterocycles. The van der Waals surface area contributed by atoms with Crippen LogP contribution in [0.4, 0.5) is 13.2 Å². The summed E-state index contributed by atoms with van der Waals surface area (Å²) >= 11 is 0. The largest absolute Gasteiger partial charge is 0.408 e. The number of halogens is 3. The van der Waals surface area contributed by atoms with Crippen molar-refractivity contribution in [3.8, 4) is 0 Å². The highest BCUT2D eigenvalue weighted by Crippen LogP contribution is 2.21. The molecule has 0 fully saturated rings. The van der Waals surface area contributed by atoms with E-state index in [4.69, 9.17) is 5.73 Å². The standard InChI is InChI=1S/C10H8F3N3O/c11-10(12,13)5-16-4-7-6(9(14)17)2-1-3-8(7)15-16/h1-4H,5H2,(H2,14,17). The first-order chi connectivity index (χ1) is 7.87. The van der Waals surface area contributed by atoms with Crippen LogP contribution in [0.1, 0.15) is 10.4 Å². The highest BCUT2D eigenvalue weighted by molar-refractivity contribution is 6.05. The molecule has 7 heteroatoms. The van der Waals surface area contributed by atoms with E-state index >= 15 is 0 Å². The number of nitrogens with two attached hydrogens (primary N) is 1. The number of benzene rings is 1. The van der Waals surface area contributed by atoms with E-state index in [9.17, 15) is 18.0 Å². The average Bonchev–Trinajstić information content (AvgIpc) is 2.55. The Labute approximate surface area is 93.8 Å². The van der Waals surface area contributed by atoms with E-state index < -0.39 is 18.6 Å². The Kier molecular flexibility index (Phi) is 2.53. The normalized spacial score (nSPS) is 11.9. The number of hydrogen-bond acceptors (Lipinski definition) is 2. The molecule has 0 atom stereocenters. The predicted octanol–water partition coefficient (Wildman–Crippen LogP) is 1.70. The van der Waals surface area contributed by atoms with Gasteiger partial charge in [-0.15, -0.1) is 0 Å². The summed E-state index contributed by atoms with van der Waals surface area (Å²) in [4.78, 5) is 11.1. The fraction of sp³-hybridized carbons (Fsp3) is 0.200. The zero-order valence-corrected chi connectivity index (χ0v) is 8.53. The molecule has 0 saturated heterocycles. The lowest BCUT2D eigenvalue weighted by molar-refractivity contribution is -0.142. The van der Waals surface area contributed by atoms with Gasteiger partial charge in [0.1, 0.15) is 6.54 Å². The first-order valence-corrected chi connectivity index (χ1v) is 4.69. The van der Waals surface area contributed by atoms with Crippen LogP contribution in [0.5, 0.6) is 0 Å². The minimum Gasteiger partial charge on any atom is -0.366 e. The molecule has 0 radical (unpaired) electrons. The Hall–Kier alpha value is -2.05. The molecule has 0 bridgehead atoms. The van der Waals surface area contributed by atoms with Gasteiger partial charge in [0, 0.05) is 11.6 Å². The van der Waals surface area contributed by atoms with Gasteiger partial charge in [0.25, 0.3) is 0 Å². The van der Waals surface area contributed by atoms with Gasteiger partial charge in [-0.25, -0.2) is 0 Å². The summed E-state index contributed by atoms with van der Waals surface area (Å²) in [5, 5.41) is 4.05. The Morgan fingerprint density at radius 3 is 2.71 bits per heavy atom. The summed E-state index contributed by atoms with van der Waals surface area (Å²) in [7, 11) is 0. The molecule has 0 unspecified atom stereocenters. The van der Waals surface area contributed by atoms with Gasteiger partial charge in [-0.2, -0.15) is 18.3 Å². The van der Waals surface area contributed by atoms with Crippen molar-refractivity contribution < 1.29 is 18.0 Å². The van der Waals surface area contributed by atoms with Gasteiger partial charge < -0.3 is 5.73 Å². The molecule has 2 aromatic rings. The number of aromatic nitrogens is 2. The van der Waals surface area contributed by atoms with Crippen molar-refractivity contribution in [2.75, 3.05) is 0 Å². The first kappa shape index (κ1) is 11.4. The van der Waals surface area contributed by atoms with Crippen LogP contribution in [0, 0.1) is 0 Å². The second kappa shape index (κ2) is 3.76. The van der Waals surface area contributed by atoms with Crippen molar-refractivity contribution in [1.82, 2.24) is 9.78 Å². The Morgan fingerprint density at radius 2 is 2.12 bits per heavy atom. The van der Waals surface area contributed by atoms with E-state index in [1.165, 1.54) is 24.4 Å². The maximum Gasteiger partial charge on any atom is 0.408 e. The fourth-order valence-electron chi connectivity index (χ4n) is 1.57. The lowest BCUT2D eigenvalue weighted by atomic mass is 10.1. The molecule has 0 aliphatic rings. The maximum absolute atomic E-state index is 12.2. The minimum absolute atomic E-state index is 0.163. The summed E-state index contributed by atoms with van der Waals surface area (Å²) in [6.07, 6.45) is -3.18. The first-order valence-electron chi connectivity index (χ1n) is 4.69. The van der Waals surface area contributed by atoms with Gasteiger partial charge in [-0.1, -0.05) is 6.07 Å². The van der Waals surface area contributed by atoms with Gasteiger partial charge in [0.2, 0.25) is 5.91 Å². The molecule has 17 heavy (non-hydrogen) atoms. The molecular weight excluding hydrogens is 235 g/mol. The minimum atomic E-state index is -4.35. The molecule has 0 aliphatic carbocycles. The second-order valence-electron chi connectivity index (χ2n) is 3.54. The van der Waals surface area contributed by atoms with Crippen LogP contribution in [0.2, 0.25) is 0 Å². The molecule has 0 aliphatic heterocycles. The molecular formula is C10H8F3N3O. The molecule has 1 aromatic carbocycles. The Bertz CT molecular complexity index is 574. The number of rotatable bonds is 2. The average molecular weight is 243 g/mol. The van der Waals surface area contributed by atoms with Crippen LogP contribution in [-0.2, 0) is 6.54 Å². The predicted molar refractivity (Wildman–Crippen MR) is 54.3 cm³/mol. The van der Waals surface area contributed by atoms with Crippen LogP contribution in [-0.4, -0.2) is 21.9 Å². The fourth-order valence-corrected chi connectivity index (χ4v) is 1.57. The van der Waals surface area contributed by atoms with Gasteiger partial charge in [-0.3, -0.25) is 9.48 Å². The van der Waals surface area contributed by atoms with Gasteiger partial charge >= 0.3 is 6.18 Å². The SMILES string of the molecule is NC(=O)c1cccc2nn(CC(F)(F)F)cc12. The number of carbonyl (C=O) groups excluding carboxylic acids is 1. The second-order valence-corrected chi connectivity index (χ2v) is 3.54. The molecule has 1 amide bonds. The van der Waals surface area contributed by atoms with Gasteiger partial charge in [0.05, 0.1) is 11.1 Å². The highest BCUT2D eigenvalue weighted by atomic mass is 19.4. The molecule has 1 heterocycles. The summed E-state index contributed by atoms with van der Waals surface area (Å²) in [6.45, 7) is -1.19. The number of nitrogens with zero attached hydrogens (tertiary/aromatic N) is 2. The van der Waals surface area contributed by atoms with E-state index in [0.717, 1.165) is 4.68 Å². The van der Waals surface area contributed by atoms with Crippen LogP contribution in [0.15, 0.2) is 24.4 Å². The lowest BCUT2D eigenvalue weighted by Crippen LogP contribution is -2.17. The third kappa shape index (κ3) is 2.38. The zero-order chi connectivity index (χ0) is 12.6. The summed E-state index contributed by atoms with van der Waals surface area (Å²) < 4.78 is 37.3. The molecule has 2 rings (SSSR count). The third-order valence-corrected chi connectivity index (χ3v) is 2.20. The van der Waals surface area contributed by atoms with Crippen molar-refractivity contribution in [2.24, 2.45) is 5.73 Å². The van der Waals surface area contributed by atoms with E-state index in [2.05, 4.69) is 5.10 Å². The van der Waals surface area contributed by atoms with Gasteiger partial charge in [-0.05, 0) is 12.1 Å². The van der Waals surface area contributed by atoms with E-state index in [-0.39, 0.29) is 5.56 Å². The van der Waals surface area contributed by atoms with E-state index in [1.807, 2.05) is 0 Å². The number of fused-ring (bicyclic) bond motifs is 1. The summed E-state index contributed by atoms with van der Waals surface area (Å²) in [5.41, 5.74) is 5.59. The van der Waals surface area contributed by atoms with Crippen LogP contribution >= 0.6 is 0 Å². The van der Waals surface area contributed by atoms with Crippen molar-refractivity contribution in [3.63, 3.8) is 0 Å². The molecule has 2 N–H and O–H groups in total. The van der Waals surface area contributed by atoms with Crippen LogP contribution < -0.4 is 5.73 Å². The monoisotopic (exact) mass is 243 g/mol. The number of amides is 1. The Morgan fingerprint density at radius 1 is 1.41 bits per heavy atom. The van der Waals surface area contributed by atoms with E-state index in [1.54, 1.807) is 0 Å². The summed E-state index contributed by atoms with van der Waals surface area (Å²) in [6, 6.07) is 4.49. The summed E-state index contributed by atoms with van der Waals surface area (Å²) in [5.74, 6) is -0.692. The zero-order valence-electron chi connectivity index (χ0n) is 8.53. The van der Waals surface area contributed by atoms with Crippen LogP contribution in [0.25, 0.3) is 10.9 Å². The number of carbonyl (C=O) groups is 1.